The average molecular weight is 237 g/mol. The Kier molecular flexibility index (Phi) is 3.86. The van der Waals surface area contributed by atoms with E-state index in [4.69, 9.17) is 10.5 Å². The van der Waals surface area contributed by atoms with Gasteiger partial charge in [-0.05, 0) is 6.54 Å². The third-order valence-corrected chi connectivity index (χ3v) is 2.92. The summed E-state index contributed by atoms with van der Waals surface area (Å²) < 4.78 is 5.70. The minimum atomic E-state index is -0.0840. The highest BCUT2D eigenvalue weighted by Crippen LogP contribution is 2.19. The zero-order chi connectivity index (χ0) is 12.3. The highest BCUT2D eigenvalue weighted by atomic mass is 16.5. The summed E-state index contributed by atoms with van der Waals surface area (Å²) in [5.41, 5.74) is 5.68. The van der Waals surface area contributed by atoms with Crippen LogP contribution in [-0.4, -0.2) is 46.1 Å². The van der Waals surface area contributed by atoms with Crippen molar-refractivity contribution in [3.05, 3.63) is 11.6 Å². The minimum absolute atomic E-state index is 0.0840. The Bertz CT molecular complexity index is 384. The average Bonchev–Trinajstić information content (AvgIpc) is 2.38. The molecule has 1 aliphatic heterocycles. The maximum atomic E-state index is 5.70. The SMILES string of the molecule is CCc1nc(N)nc(C2CN(CC)CCO2)n1. The second-order valence-electron chi connectivity index (χ2n) is 4.07. The topological polar surface area (TPSA) is 77.2 Å². The van der Waals surface area contributed by atoms with Gasteiger partial charge in [-0.25, -0.2) is 4.98 Å². The predicted molar refractivity (Wildman–Crippen MR) is 64.4 cm³/mol. The summed E-state index contributed by atoms with van der Waals surface area (Å²) in [4.78, 5) is 15.0. The fourth-order valence-electron chi connectivity index (χ4n) is 1.90. The van der Waals surface area contributed by atoms with E-state index in [1.54, 1.807) is 0 Å². The molecule has 2 N–H and O–H groups in total. The minimum Gasteiger partial charge on any atom is -0.368 e. The van der Waals surface area contributed by atoms with Gasteiger partial charge in [-0.15, -0.1) is 0 Å². The number of nitrogen functional groups attached to an aromatic ring is 1. The molecule has 2 rings (SSSR count). The van der Waals surface area contributed by atoms with E-state index in [0.717, 1.165) is 31.9 Å². The van der Waals surface area contributed by atoms with Gasteiger partial charge in [-0.1, -0.05) is 13.8 Å². The van der Waals surface area contributed by atoms with Crippen LogP contribution in [-0.2, 0) is 11.2 Å². The Morgan fingerprint density at radius 1 is 1.35 bits per heavy atom. The fourth-order valence-corrected chi connectivity index (χ4v) is 1.90. The summed E-state index contributed by atoms with van der Waals surface area (Å²) in [6.45, 7) is 7.66. The Morgan fingerprint density at radius 3 is 2.88 bits per heavy atom. The zero-order valence-corrected chi connectivity index (χ0v) is 10.4. The molecule has 6 nitrogen and oxygen atoms in total. The van der Waals surface area contributed by atoms with Gasteiger partial charge in [0, 0.05) is 19.5 Å². The van der Waals surface area contributed by atoms with Gasteiger partial charge in [0.25, 0.3) is 0 Å². The number of rotatable bonds is 3. The quantitative estimate of drug-likeness (QED) is 0.820. The number of likely N-dealkylation sites (N-methyl/N-ethyl adjacent to an activating group) is 1. The lowest BCUT2D eigenvalue weighted by Crippen LogP contribution is -2.38. The van der Waals surface area contributed by atoms with E-state index in [1.807, 2.05) is 6.92 Å². The van der Waals surface area contributed by atoms with Gasteiger partial charge in [0.2, 0.25) is 5.95 Å². The molecule has 0 amide bonds. The van der Waals surface area contributed by atoms with Crippen LogP contribution in [0, 0.1) is 0 Å². The van der Waals surface area contributed by atoms with Crippen LogP contribution in [0.4, 0.5) is 5.95 Å². The summed E-state index contributed by atoms with van der Waals surface area (Å²) in [7, 11) is 0. The van der Waals surface area contributed by atoms with Gasteiger partial charge in [0.15, 0.2) is 5.82 Å². The molecule has 0 saturated carbocycles. The van der Waals surface area contributed by atoms with Gasteiger partial charge >= 0.3 is 0 Å². The van der Waals surface area contributed by atoms with Crippen molar-refractivity contribution >= 4 is 5.95 Å². The van der Waals surface area contributed by atoms with E-state index in [0.29, 0.717) is 12.4 Å². The van der Waals surface area contributed by atoms with Gasteiger partial charge in [0.05, 0.1) is 6.61 Å². The normalized spacial score (nSPS) is 21.6. The smallest absolute Gasteiger partial charge is 0.223 e. The molecule has 1 unspecified atom stereocenters. The number of aryl methyl sites for hydroxylation is 1. The second-order valence-corrected chi connectivity index (χ2v) is 4.07. The Morgan fingerprint density at radius 2 is 2.18 bits per heavy atom. The maximum Gasteiger partial charge on any atom is 0.223 e. The first-order valence-electron chi connectivity index (χ1n) is 6.07. The lowest BCUT2D eigenvalue weighted by molar-refractivity contribution is -0.0327. The zero-order valence-electron chi connectivity index (χ0n) is 10.4. The van der Waals surface area contributed by atoms with Crippen LogP contribution in [0.3, 0.4) is 0 Å². The summed E-state index contributed by atoms with van der Waals surface area (Å²) >= 11 is 0. The maximum absolute atomic E-state index is 5.70. The number of nitrogens with zero attached hydrogens (tertiary/aromatic N) is 4. The molecular weight excluding hydrogens is 218 g/mol. The van der Waals surface area contributed by atoms with Crippen LogP contribution in [0.2, 0.25) is 0 Å². The third kappa shape index (κ3) is 2.89. The number of hydrogen-bond donors (Lipinski definition) is 1. The van der Waals surface area contributed by atoms with Crippen LogP contribution >= 0.6 is 0 Å². The van der Waals surface area contributed by atoms with E-state index < -0.39 is 0 Å². The summed E-state index contributed by atoms with van der Waals surface area (Å²) in [5, 5.41) is 0. The van der Waals surface area contributed by atoms with Crippen molar-refractivity contribution in [2.45, 2.75) is 26.4 Å². The van der Waals surface area contributed by atoms with Gasteiger partial charge in [0.1, 0.15) is 11.9 Å². The van der Waals surface area contributed by atoms with Crippen molar-refractivity contribution < 1.29 is 4.74 Å². The van der Waals surface area contributed by atoms with Gasteiger partial charge in [-0.2, -0.15) is 9.97 Å². The van der Waals surface area contributed by atoms with Crippen LogP contribution in [0.1, 0.15) is 31.6 Å². The van der Waals surface area contributed by atoms with Crippen molar-refractivity contribution in [1.82, 2.24) is 19.9 Å². The molecule has 0 aromatic carbocycles. The lowest BCUT2D eigenvalue weighted by Gasteiger charge is -2.31. The lowest BCUT2D eigenvalue weighted by atomic mass is 10.2. The van der Waals surface area contributed by atoms with Crippen LogP contribution in [0.15, 0.2) is 0 Å². The van der Waals surface area contributed by atoms with Crippen molar-refractivity contribution in [1.29, 1.82) is 0 Å². The molecular formula is C11H19N5O. The number of anilines is 1. The summed E-state index contributed by atoms with van der Waals surface area (Å²) in [6.07, 6.45) is 0.670. The molecule has 0 bridgehead atoms. The molecule has 1 aromatic heterocycles. The van der Waals surface area contributed by atoms with E-state index in [9.17, 15) is 0 Å². The van der Waals surface area contributed by atoms with Gasteiger partial charge in [-0.3, -0.25) is 4.90 Å². The molecule has 1 aliphatic rings. The largest absolute Gasteiger partial charge is 0.368 e. The molecule has 0 spiro atoms. The molecule has 1 atom stereocenters. The predicted octanol–water partition coefficient (Wildman–Crippen LogP) is 0.409. The molecule has 0 radical (unpaired) electrons. The van der Waals surface area contributed by atoms with Crippen LogP contribution in [0.25, 0.3) is 0 Å². The molecule has 0 aliphatic carbocycles. The number of nitrogens with two attached hydrogens (primary N) is 1. The first-order valence-corrected chi connectivity index (χ1v) is 6.07. The first-order chi connectivity index (χ1) is 8.22. The molecule has 1 aromatic rings. The molecule has 17 heavy (non-hydrogen) atoms. The molecule has 6 heteroatoms. The van der Waals surface area contributed by atoms with Crippen molar-refractivity contribution in [3.63, 3.8) is 0 Å². The number of hydrogen-bond acceptors (Lipinski definition) is 6. The van der Waals surface area contributed by atoms with Gasteiger partial charge < -0.3 is 10.5 Å². The van der Waals surface area contributed by atoms with Crippen molar-refractivity contribution in [3.8, 4) is 0 Å². The first kappa shape index (κ1) is 12.2. The molecule has 94 valence electrons. The van der Waals surface area contributed by atoms with Crippen LogP contribution < -0.4 is 5.73 Å². The van der Waals surface area contributed by atoms with Crippen molar-refractivity contribution in [2.24, 2.45) is 0 Å². The fraction of sp³-hybridized carbons (Fsp3) is 0.727. The van der Waals surface area contributed by atoms with E-state index in [1.165, 1.54) is 0 Å². The van der Waals surface area contributed by atoms with E-state index >= 15 is 0 Å². The second kappa shape index (κ2) is 5.37. The monoisotopic (exact) mass is 237 g/mol. The Labute approximate surface area is 101 Å². The standard InChI is InChI=1S/C11H19N5O/c1-3-9-13-10(15-11(12)14-9)8-7-16(4-2)5-6-17-8/h8H,3-7H2,1-2H3,(H2,12,13,14,15). The third-order valence-electron chi connectivity index (χ3n) is 2.92. The van der Waals surface area contributed by atoms with Crippen molar-refractivity contribution in [2.75, 3.05) is 32.0 Å². The number of aromatic nitrogens is 3. The summed E-state index contributed by atoms with van der Waals surface area (Å²) in [5.74, 6) is 1.67. The highest BCUT2D eigenvalue weighted by Gasteiger charge is 2.24. The summed E-state index contributed by atoms with van der Waals surface area (Å²) in [6, 6.07) is 0. The molecule has 1 fully saturated rings. The number of ether oxygens (including phenoxy) is 1. The molecule has 2 heterocycles. The highest BCUT2D eigenvalue weighted by molar-refractivity contribution is 5.17. The van der Waals surface area contributed by atoms with E-state index in [-0.39, 0.29) is 12.1 Å². The van der Waals surface area contributed by atoms with Crippen LogP contribution in [0.5, 0.6) is 0 Å². The molecule has 1 saturated heterocycles. The Hall–Kier alpha value is -1.27. The Balaban J connectivity index is 2.18. The van der Waals surface area contributed by atoms with E-state index in [2.05, 4.69) is 26.8 Å². The number of morpholine rings is 1.